The summed E-state index contributed by atoms with van der Waals surface area (Å²) in [4.78, 5) is 0.402. The molecule has 118 valence electrons. The summed E-state index contributed by atoms with van der Waals surface area (Å²) < 4.78 is 27.4. The molecule has 3 nitrogen and oxygen atoms in total. The first-order chi connectivity index (χ1) is 10.4. The van der Waals surface area contributed by atoms with Crippen molar-refractivity contribution in [1.29, 1.82) is 0 Å². The van der Waals surface area contributed by atoms with Crippen LogP contribution in [0, 0.1) is 18.8 Å². The highest BCUT2D eigenvalue weighted by molar-refractivity contribution is 7.89. The minimum atomic E-state index is -3.39. The lowest BCUT2D eigenvalue weighted by Crippen LogP contribution is -2.29. The first-order valence-corrected chi connectivity index (χ1v) is 9.23. The van der Waals surface area contributed by atoms with Gasteiger partial charge in [-0.05, 0) is 45.2 Å². The normalized spacial score (nSPS) is 25.3. The molecule has 2 atom stereocenters. The van der Waals surface area contributed by atoms with E-state index in [4.69, 9.17) is 0 Å². The molecule has 1 aromatic rings. The Kier molecular flexibility index (Phi) is 4.00. The minimum absolute atomic E-state index is 0.318. The van der Waals surface area contributed by atoms with Gasteiger partial charge >= 0.3 is 0 Å². The molecule has 0 amide bonds. The molecule has 1 aliphatic carbocycles. The third-order valence-electron chi connectivity index (χ3n) is 4.80. The van der Waals surface area contributed by atoms with Crippen LogP contribution in [0.2, 0.25) is 0 Å². The number of hydrogen-bond donors (Lipinski definition) is 0. The highest BCUT2D eigenvalue weighted by atomic mass is 32.2. The molecule has 1 fully saturated rings. The smallest absolute Gasteiger partial charge is 0.207 e. The fourth-order valence-corrected chi connectivity index (χ4v) is 5.01. The predicted molar refractivity (Wildman–Crippen MR) is 89.0 cm³/mol. The monoisotopic (exact) mass is 317 g/mol. The van der Waals surface area contributed by atoms with Gasteiger partial charge in [-0.2, -0.15) is 4.31 Å². The van der Waals surface area contributed by atoms with Crippen LogP contribution in [0.4, 0.5) is 0 Å². The van der Waals surface area contributed by atoms with Gasteiger partial charge in [0.25, 0.3) is 0 Å². The van der Waals surface area contributed by atoms with Gasteiger partial charge in [0, 0.05) is 19.0 Å². The summed E-state index contributed by atoms with van der Waals surface area (Å²) in [6.07, 6.45) is 5.34. The Morgan fingerprint density at radius 2 is 1.82 bits per heavy atom. The maximum atomic E-state index is 12.9. The molecular weight excluding hydrogens is 294 g/mol. The molecule has 1 aromatic carbocycles. The summed E-state index contributed by atoms with van der Waals surface area (Å²) in [6, 6.07) is 7.14. The molecule has 4 heteroatoms. The highest BCUT2D eigenvalue weighted by Gasteiger charge is 2.40. The average Bonchev–Trinajstić information content (AvgIpc) is 2.92. The van der Waals surface area contributed by atoms with Gasteiger partial charge in [-0.25, -0.2) is 8.42 Å². The van der Waals surface area contributed by atoms with Crippen molar-refractivity contribution in [3.05, 3.63) is 53.1 Å². The van der Waals surface area contributed by atoms with Gasteiger partial charge in [0.2, 0.25) is 10.0 Å². The van der Waals surface area contributed by atoms with Crippen LogP contribution in [-0.4, -0.2) is 25.8 Å². The summed E-state index contributed by atoms with van der Waals surface area (Å²) in [6.45, 7) is 7.41. The molecular formula is C18H23NO2S. The lowest BCUT2D eigenvalue weighted by atomic mass is 9.80. The molecule has 0 spiro atoms. The molecule has 22 heavy (non-hydrogen) atoms. The van der Waals surface area contributed by atoms with Crippen LogP contribution in [0.3, 0.4) is 0 Å². The van der Waals surface area contributed by atoms with Crippen molar-refractivity contribution < 1.29 is 8.42 Å². The zero-order valence-corrected chi connectivity index (χ0v) is 14.2. The maximum absolute atomic E-state index is 12.9. The van der Waals surface area contributed by atoms with E-state index in [1.807, 2.05) is 19.1 Å². The Morgan fingerprint density at radius 1 is 1.14 bits per heavy atom. The topological polar surface area (TPSA) is 37.4 Å². The molecule has 0 aromatic heterocycles. The summed E-state index contributed by atoms with van der Waals surface area (Å²) in [5, 5.41) is 0. The predicted octanol–water partition coefficient (Wildman–Crippen LogP) is 3.53. The van der Waals surface area contributed by atoms with E-state index in [1.165, 1.54) is 11.1 Å². The van der Waals surface area contributed by atoms with Crippen LogP contribution < -0.4 is 0 Å². The second-order valence-electron chi connectivity index (χ2n) is 6.56. The standard InChI is InChI=1S/C18H23NO2S/c1-13(2)17-6-4-5-15-11-19(12-18(15)17)22(20,21)16-9-7-14(3)8-10-16/h4-5,7-10,15,18H,6,11-12H2,1-3H3/t15-,18-/m0/s1. The summed E-state index contributed by atoms with van der Waals surface area (Å²) >= 11 is 0. The third kappa shape index (κ3) is 2.66. The number of fused-ring (bicyclic) bond motifs is 1. The zero-order chi connectivity index (χ0) is 15.9. The fraction of sp³-hybridized carbons (Fsp3) is 0.444. The van der Waals surface area contributed by atoms with E-state index in [2.05, 4.69) is 26.0 Å². The maximum Gasteiger partial charge on any atom is 0.243 e. The van der Waals surface area contributed by atoms with Crippen molar-refractivity contribution in [3.8, 4) is 0 Å². The molecule has 1 aliphatic heterocycles. The van der Waals surface area contributed by atoms with Gasteiger partial charge in [0.15, 0.2) is 0 Å². The molecule has 2 aliphatic rings. The summed E-state index contributed by atoms with van der Waals surface area (Å²) in [7, 11) is -3.39. The number of benzene rings is 1. The van der Waals surface area contributed by atoms with E-state index < -0.39 is 10.0 Å². The van der Waals surface area contributed by atoms with Crippen LogP contribution >= 0.6 is 0 Å². The molecule has 1 saturated heterocycles. The number of sulfonamides is 1. The number of allylic oxidation sites excluding steroid dienone is 2. The Balaban J connectivity index is 1.90. The van der Waals surface area contributed by atoms with Gasteiger partial charge in [0.05, 0.1) is 4.90 Å². The van der Waals surface area contributed by atoms with E-state index in [0.29, 0.717) is 29.8 Å². The van der Waals surface area contributed by atoms with Crippen molar-refractivity contribution in [2.24, 2.45) is 11.8 Å². The number of hydrogen-bond acceptors (Lipinski definition) is 2. The summed E-state index contributed by atoms with van der Waals surface area (Å²) in [5.74, 6) is 0.661. The Labute approximate surface area is 133 Å². The minimum Gasteiger partial charge on any atom is -0.207 e. The van der Waals surface area contributed by atoms with E-state index >= 15 is 0 Å². The van der Waals surface area contributed by atoms with Crippen LogP contribution in [0.1, 0.15) is 25.8 Å². The number of nitrogens with zero attached hydrogens (tertiary/aromatic N) is 1. The zero-order valence-electron chi connectivity index (χ0n) is 13.4. The van der Waals surface area contributed by atoms with E-state index in [9.17, 15) is 8.42 Å². The van der Waals surface area contributed by atoms with Gasteiger partial charge in [-0.3, -0.25) is 0 Å². The summed E-state index contributed by atoms with van der Waals surface area (Å²) in [5.41, 5.74) is 3.81. The molecule has 0 unspecified atom stereocenters. The largest absolute Gasteiger partial charge is 0.243 e. The quantitative estimate of drug-likeness (QED) is 0.783. The van der Waals surface area contributed by atoms with Crippen molar-refractivity contribution in [3.63, 3.8) is 0 Å². The highest BCUT2D eigenvalue weighted by Crippen LogP contribution is 2.39. The first-order valence-electron chi connectivity index (χ1n) is 7.79. The third-order valence-corrected chi connectivity index (χ3v) is 6.65. The molecule has 0 radical (unpaired) electrons. The fourth-order valence-electron chi connectivity index (χ4n) is 3.51. The molecule has 0 bridgehead atoms. The number of aryl methyl sites for hydroxylation is 1. The molecule has 1 heterocycles. The van der Waals surface area contributed by atoms with Gasteiger partial charge in [-0.15, -0.1) is 0 Å². The van der Waals surface area contributed by atoms with Crippen LogP contribution in [0.15, 0.2) is 52.5 Å². The van der Waals surface area contributed by atoms with Crippen molar-refractivity contribution in [1.82, 2.24) is 4.31 Å². The molecule has 3 rings (SSSR count). The molecule has 0 saturated carbocycles. The van der Waals surface area contributed by atoms with Crippen LogP contribution in [0.25, 0.3) is 0 Å². The average molecular weight is 317 g/mol. The van der Waals surface area contributed by atoms with Gasteiger partial charge < -0.3 is 0 Å². The van der Waals surface area contributed by atoms with Crippen LogP contribution in [0.5, 0.6) is 0 Å². The SMILES string of the molecule is CC(C)=C1CC=C[C@H]2CN(S(=O)(=O)c3ccc(C)cc3)C[C@H]12. The Morgan fingerprint density at radius 3 is 2.45 bits per heavy atom. The lowest BCUT2D eigenvalue weighted by Gasteiger charge is -2.24. The van der Waals surface area contributed by atoms with Crippen LogP contribution in [-0.2, 0) is 10.0 Å². The first kappa shape index (κ1) is 15.5. The Hall–Kier alpha value is -1.39. The van der Waals surface area contributed by atoms with Gasteiger partial charge in [0.1, 0.15) is 0 Å². The second-order valence-corrected chi connectivity index (χ2v) is 8.50. The van der Waals surface area contributed by atoms with E-state index in [-0.39, 0.29) is 0 Å². The number of rotatable bonds is 2. The lowest BCUT2D eigenvalue weighted by molar-refractivity contribution is 0.466. The van der Waals surface area contributed by atoms with E-state index in [0.717, 1.165) is 12.0 Å². The van der Waals surface area contributed by atoms with Crippen molar-refractivity contribution >= 4 is 10.0 Å². The van der Waals surface area contributed by atoms with Crippen molar-refractivity contribution in [2.75, 3.05) is 13.1 Å². The van der Waals surface area contributed by atoms with Crippen molar-refractivity contribution in [2.45, 2.75) is 32.1 Å². The van der Waals surface area contributed by atoms with E-state index in [1.54, 1.807) is 16.4 Å². The molecule has 0 N–H and O–H groups in total. The van der Waals surface area contributed by atoms with Gasteiger partial charge in [-0.1, -0.05) is 41.0 Å². The second kappa shape index (κ2) is 5.67. The Bertz CT molecular complexity index is 725.